The zero-order valence-corrected chi connectivity index (χ0v) is 10.8. The van der Waals surface area contributed by atoms with Crippen LogP contribution in [-0.4, -0.2) is 11.8 Å². The van der Waals surface area contributed by atoms with Crippen molar-refractivity contribution in [1.29, 1.82) is 0 Å². The maximum absolute atomic E-state index is 11.7. The molecule has 0 aromatic heterocycles. The van der Waals surface area contributed by atoms with Gasteiger partial charge in [-0.3, -0.25) is 4.79 Å². The van der Waals surface area contributed by atoms with Gasteiger partial charge in [-0.15, -0.1) is 0 Å². The molecule has 0 bridgehead atoms. The zero-order chi connectivity index (χ0) is 13.4. The van der Waals surface area contributed by atoms with Crippen molar-refractivity contribution in [2.24, 2.45) is 0 Å². The predicted octanol–water partition coefficient (Wildman–Crippen LogP) is 2.13. The van der Waals surface area contributed by atoms with Crippen LogP contribution in [-0.2, 0) is 11.2 Å². The summed E-state index contributed by atoms with van der Waals surface area (Å²) in [4.78, 5) is 22.0. The molecule has 3 nitrogen and oxygen atoms in total. The molecule has 0 aliphatic heterocycles. The number of unbranched alkanes of at least 4 members (excludes halogenated alkanes) is 1. The minimum absolute atomic E-state index is 0.00158. The molecule has 0 amide bonds. The lowest BCUT2D eigenvalue weighted by Crippen LogP contribution is -2.21. The Morgan fingerprint density at radius 3 is 2.28 bits per heavy atom. The molecule has 3 heteroatoms. The van der Waals surface area contributed by atoms with Crippen LogP contribution >= 0.6 is 0 Å². The number of carbonyl (C=O) groups excluding carboxylic acids is 2. The van der Waals surface area contributed by atoms with Crippen molar-refractivity contribution in [3.63, 3.8) is 0 Å². The lowest BCUT2D eigenvalue weighted by molar-refractivity contribution is -0.305. The normalized spacial score (nSPS) is 10.3. The number of aliphatic carboxylic acids is 1. The van der Waals surface area contributed by atoms with Gasteiger partial charge in [0.2, 0.25) is 0 Å². The fraction of sp³-hybridized carbons (Fsp3) is 0.467. The Balaban J connectivity index is 2.46. The summed E-state index contributed by atoms with van der Waals surface area (Å²) in [5, 5.41) is 10.2. The molecule has 0 aliphatic carbocycles. The lowest BCUT2D eigenvalue weighted by atomic mass is 10.0. The van der Waals surface area contributed by atoms with E-state index in [0.29, 0.717) is 12.0 Å². The number of carboxylic acid groups (broad SMARTS) is 1. The first kappa shape index (κ1) is 14.4. The van der Waals surface area contributed by atoms with Crippen molar-refractivity contribution in [3.8, 4) is 0 Å². The second kappa shape index (κ2) is 7.64. The standard InChI is InChI=1S/C15H20O3/c1-2-3-5-12-8-10-13(11-9-12)14(16)6-4-7-15(17)18/h8-11H,2-7H2,1H3,(H,17,18)/p-1. The molecule has 18 heavy (non-hydrogen) atoms. The number of hydrogen-bond donors (Lipinski definition) is 0. The number of rotatable bonds is 8. The van der Waals surface area contributed by atoms with E-state index >= 15 is 0 Å². The van der Waals surface area contributed by atoms with Gasteiger partial charge in [-0.25, -0.2) is 0 Å². The van der Waals surface area contributed by atoms with Crippen LogP contribution in [0.1, 0.15) is 54.9 Å². The third-order valence-electron chi connectivity index (χ3n) is 2.88. The fourth-order valence-corrected chi connectivity index (χ4v) is 1.78. The number of carbonyl (C=O) groups is 2. The van der Waals surface area contributed by atoms with Crippen molar-refractivity contribution in [3.05, 3.63) is 35.4 Å². The number of Topliss-reactive ketones (excluding diaryl/α,β-unsaturated/α-hetero) is 1. The molecule has 0 saturated carbocycles. The van der Waals surface area contributed by atoms with Gasteiger partial charge in [-0.2, -0.15) is 0 Å². The fourth-order valence-electron chi connectivity index (χ4n) is 1.78. The second-order valence-electron chi connectivity index (χ2n) is 4.45. The van der Waals surface area contributed by atoms with E-state index in [1.54, 1.807) is 0 Å². The highest BCUT2D eigenvalue weighted by Crippen LogP contribution is 2.11. The van der Waals surface area contributed by atoms with Crippen LogP contribution in [0.15, 0.2) is 24.3 Å². The van der Waals surface area contributed by atoms with Gasteiger partial charge in [-0.1, -0.05) is 37.6 Å². The zero-order valence-electron chi connectivity index (χ0n) is 10.8. The van der Waals surface area contributed by atoms with E-state index in [0.717, 1.165) is 19.3 Å². The average molecular weight is 247 g/mol. The molecule has 0 heterocycles. The Bertz CT molecular complexity index is 393. The summed E-state index contributed by atoms with van der Waals surface area (Å²) in [6, 6.07) is 7.60. The van der Waals surface area contributed by atoms with E-state index in [1.165, 1.54) is 5.56 Å². The summed E-state index contributed by atoms with van der Waals surface area (Å²) in [7, 11) is 0. The number of ketones is 1. The van der Waals surface area contributed by atoms with Crippen molar-refractivity contribution < 1.29 is 14.7 Å². The van der Waals surface area contributed by atoms with Crippen molar-refractivity contribution in [2.75, 3.05) is 0 Å². The Morgan fingerprint density at radius 2 is 1.72 bits per heavy atom. The quantitative estimate of drug-likeness (QED) is 0.661. The summed E-state index contributed by atoms with van der Waals surface area (Å²) in [6.07, 6.45) is 3.90. The second-order valence-corrected chi connectivity index (χ2v) is 4.45. The van der Waals surface area contributed by atoms with Gasteiger partial charge in [0.15, 0.2) is 5.78 Å². The molecule has 98 valence electrons. The highest BCUT2D eigenvalue weighted by Gasteiger charge is 2.05. The molecule has 0 aliphatic rings. The smallest absolute Gasteiger partial charge is 0.162 e. The first-order valence-corrected chi connectivity index (χ1v) is 6.45. The monoisotopic (exact) mass is 247 g/mol. The molecule has 1 aromatic rings. The van der Waals surface area contributed by atoms with Gasteiger partial charge in [0.25, 0.3) is 0 Å². The van der Waals surface area contributed by atoms with Gasteiger partial charge >= 0.3 is 0 Å². The van der Waals surface area contributed by atoms with Gasteiger partial charge < -0.3 is 9.90 Å². The first-order chi connectivity index (χ1) is 8.63. The molecule has 0 spiro atoms. The molecular formula is C15H19O3-. The Hall–Kier alpha value is -1.64. The summed E-state index contributed by atoms with van der Waals surface area (Å²) >= 11 is 0. The molecule has 0 atom stereocenters. The van der Waals surface area contributed by atoms with Crippen LogP contribution in [0.3, 0.4) is 0 Å². The third-order valence-corrected chi connectivity index (χ3v) is 2.88. The van der Waals surface area contributed by atoms with Crippen LogP contribution in [0.25, 0.3) is 0 Å². The SMILES string of the molecule is CCCCc1ccc(C(=O)CCCC(=O)[O-])cc1. The lowest BCUT2D eigenvalue weighted by Gasteiger charge is -2.04. The number of benzene rings is 1. The Kier molecular flexibility index (Phi) is 6.12. The van der Waals surface area contributed by atoms with E-state index in [9.17, 15) is 14.7 Å². The Labute approximate surface area is 108 Å². The van der Waals surface area contributed by atoms with Crippen LogP contribution < -0.4 is 5.11 Å². The van der Waals surface area contributed by atoms with Crippen molar-refractivity contribution in [1.82, 2.24) is 0 Å². The molecular weight excluding hydrogens is 228 g/mol. The van der Waals surface area contributed by atoms with E-state index in [2.05, 4.69) is 6.92 Å². The van der Waals surface area contributed by atoms with E-state index in [-0.39, 0.29) is 18.6 Å². The van der Waals surface area contributed by atoms with Gasteiger partial charge in [0.05, 0.1) is 0 Å². The van der Waals surface area contributed by atoms with Gasteiger partial charge in [-0.05, 0) is 31.2 Å². The molecule has 0 radical (unpaired) electrons. The molecule has 0 fully saturated rings. The number of aryl methyl sites for hydroxylation is 1. The molecule has 0 unspecified atom stereocenters. The molecule has 0 saturated heterocycles. The molecule has 0 N–H and O–H groups in total. The minimum Gasteiger partial charge on any atom is -0.550 e. The topological polar surface area (TPSA) is 57.2 Å². The third kappa shape index (κ3) is 5.13. The molecule has 1 rings (SSSR count). The number of carboxylic acids is 1. The van der Waals surface area contributed by atoms with E-state index < -0.39 is 5.97 Å². The van der Waals surface area contributed by atoms with Crippen LogP contribution in [0, 0.1) is 0 Å². The van der Waals surface area contributed by atoms with Crippen LogP contribution in [0.4, 0.5) is 0 Å². The first-order valence-electron chi connectivity index (χ1n) is 6.45. The Morgan fingerprint density at radius 1 is 1.06 bits per heavy atom. The highest BCUT2D eigenvalue weighted by atomic mass is 16.4. The largest absolute Gasteiger partial charge is 0.550 e. The highest BCUT2D eigenvalue weighted by molar-refractivity contribution is 5.96. The van der Waals surface area contributed by atoms with E-state index in [4.69, 9.17) is 0 Å². The predicted molar refractivity (Wildman–Crippen MR) is 68.2 cm³/mol. The van der Waals surface area contributed by atoms with Crippen molar-refractivity contribution >= 4 is 11.8 Å². The van der Waals surface area contributed by atoms with Gasteiger partial charge in [0, 0.05) is 18.0 Å². The maximum Gasteiger partial charge on any atom is 0.162 e. The van der Waals surface area contributed by atoms with Crippen LogP contribution in [0.5, 0.6) is 0 Å². The molecule has 1 aromatic carbocycles. The summed E-state index contributed by atoms with van der Waals surface area (Å²) in [5.74, 6) is -1.10. The summed E-state index contributed by atoms with van der Waals surface area (Å²) in [6.45, 7) is 2.15. The maximum atomic E-state index is 11.7. The average Bonchev–Trinajstić information content (AvgIpc) is 2.36. The minimum atomic E-state index is -1.10. The van der Waals surface area contributed by atoms with Crippen molar-refractivity contribution in [2.45, 2.75) is 45.4 Å². The number of hydrogen-bond acceptors (Lipinski definition) is 3. The van der Waals surface area contributed by atoms with E-state index in [1.807, 2.05) is 24.3 Å². The summed E-state index contributed by atoms with van der Waals surface area (Å²) in [5.41, 5.74) is 1.90. The van der Waals surface area contributed by atoms with Crippen LogP contribution in [0.2, 0.25) is 0 Å². The van der Waals surface area contributed by atoms with Gasteiger partial charge in [0.1, 0.15) is 0 Å². The summed E-state index contributed by atoms with van der Waals surface area (Å²) < 4.78 is 0.